The van der Waals surface area contributed by atoms with Crippen molar-refractivity contribution in [1.29, 1.82) is 0 Å². The molecule has 4 aromatic rings. The van der Waals surface area contributed by atoms with Gasteiger partial charge in [0.1, 0.15) is 5.75 Å². The summed E-state index contributed by atoms with van der Waals surface area (Å²) in [5, 5.41) is 0.974. The highest BCUT2D eigenvalue weighted by molar-refractivity contribution is 14.1. The first-order valence-corrected chi connectivity index (χ1v) is 14.8. The molecule has 9 heteroatoms. The van der Waals surface area contributed by atoms with Crippen molar-refractivity contribution in [3.05, 3.63) is 66.4 Å². The summed E-state index contributed by atoms with van der Waals surface area (Å²) in [7, 11) is -3.34. The zero-order valence-electron chi connectivity index (χ0n) is 19.4. The Kier molecular flexibility index (Phi) is 6.63. The molecule has 1 aliphatic carbocycles. The minimum Gasteiger partial charge on any atom is -0.439 e. The molecule has 5 rings (SSSR count). The molecule has 0 unspecified atom stereocenters. The Bertz CT molecular complexity index is 1480. The molecule has 3 N–H and O–H groups in total. The lowest BCUT2D eigenvalue weighted by Crippen LogP contribution is -2.15. The number of nitrogens with zero attached hydrogens (tertiary/aromatic N) is 2. The molecule has 1 aliphatic rings. The average molecular weight is 602 g/mol. The highest BCUT2D eigenvalue weighted by Crippen LogP contribution is 2.47. The van der Waals surface area contributed by atoms with E-state index in [1.165, 1.54) is 0 Å². The van der Waals surface area contributed by atoms with Crippen molar-refractivity contribution in [2.24, 2.45) is 0 Å². The minimum absolute atomic E-state index is 0.0971. The first kappa shape index (κ1) is 23.9. The van der Waals surface area contributed by atoms with Crippen LogP contribution in [0.2, 0.25) is 0 Å². The summed E-state index contributed by atoms with van der Waals surface area (Å²) in [5.41, 5.74) is 11.9. The number of hydrogen-bond donors (Lipinski definition) is 2. The third-order valence-electron chi connectivity index (χ3n) is 6.04. The van der Waals surface area contributed by atoms with Crippen LogP contribution in [0.4, 0.5) is 11.4 Å². The molecule has 35 heavy (non-hydrogen) atoms. The standard InChI is InChI=1S/C26H27IN4O3S/c1-2-14-35(32,33)30-19-7-5-17(6-8-19)25-24(28)22-12-11-21(15-23(22)31(25)20-9-10-20)34-26-18(16-27)4-3-13-29-26/h3-8,11-13,15,20,30H,2,9-10,14,16,28H2,1H3. The molecule has 1 saturated carbocycles. The number of benzene rings is 2. The van der Waals surface area contributed by atoms with E-state index >= 15 is 0 Å². The van der Waals surface area contributed by atoms with E-state index in [1.54, 1.807) is 18.3 Å². The Hall–Kier alpha value is -2.79. The number of alkyl halides is 1. The Morgan fingerprint density at radius 1 is 1.17 bits per heavy atom. The highest BCUT2D eigenvalue weighted by atomic mass is 127. The van der Waals surface area contributed by atoms with Gasteiger partial charge in [0.25, 0.3) is 0 Å². The van der Waals surface area contributed by atoms with Crippen molar-refractivity contribution in [2.75, 3.05) is 16.2 Å². The van der Waals surface area contributed by atoms with Crippen molar-refractivity contribution in [3.63, 3.8) is 0 Å². The fourth-order valence-corrected chi connectivity index (χ4v) is 6.03. The first-order valence-electron chi connectivity index (χ1n) is 11.6. The number of pyridine rings is 1. The van der Waals surface area contributed by atoms with E-state index in [0.717, 1.165) is 45.0 Å². The van der Waals surface area contributed by atoms with Crippen molar-refractivity contribution >= 4 is 54.9 Å². The molecule has 0 spiro atoms. The van der Waals surface area contributed by atoms with Gasteiger partial charge in [-0.25, -0.2) is 13.4 Å². The molecule has 7 nitrogen and oxygen atoms in total. The lowest BCUT2D eigenvalue weighted by Gasteiger charge is -2.13. The molecule has 2 aromatic carbocycles. The smallest absolute Gasteiger partial charge is 0.232 e. The second kappa shape index (κ2) is 9.69. The molecule has 1 fully saturated rings. The number of anilines is 2. The quantitative estimate of drug-likeness (QED) is 0.168. The van der Waals surface area contributed by atoms with E-state index in [-0.39, 0.29) is 5.75 Å². The van der Waals surface area contributed by atoms with E-state index in [4.69, 9.17) is 10.5 Å². The minimum atomic E-state index is -3.34. The van der Waals surface area contributed by atoms with Gasteiger partial charge in [0.15, 0.2) is 0 Å². The largest absolute Gasteiger partial charge is 0.439 e. The normalized spacial score (nSPS) is 13.8. The van der Waals surface area contributed by atoms with Crippen molar-refractivity contribution < 1.29 is 13.2 Å². The van der Waals surface area contributed by atoms with Crippen LogP contribution in [0.15, 0.2) is 60.8 Å². The number of halogens is 1. The molecule has 0 aliphatic heterocycles. The summed E-state index contributed by atoms with van der Waals surface area (Å²) in [6, 6.07) is 17.7. The van der Waals surface area contributed by atoms with Crippen LogP contribution >= 0.6 is 22.6 Å². The van der Waals surface area contributed by atoms with Gasteiger partial charge in [0, 0.05) is 44.9 Å². The lowest BCUT2D eigenvalue weighted by molar-refractivity contribution is 0.459. The van der Waals surface area contributed by atoms with Crippen LogP contribution in [-0.4, -0.2) is 23.7 Å². The zero-order chi connectivity index (χ0) is 24.6. The second-order valence-electron chi connectivity index (χ2n) is 8.74. The van der Waals surface area contributed by atoms with E-state index in [1.807, 2.05) is 49.4 Å². The Morgan fingerprint density at radius 2 is 1.94 bits per heavy atom. The topological polar surface area (TPSA) is 99.2 Å². The van der Waals surface area contributed by atoms with Crippen LogP contribution in [0.3, 0.4) is 0 Å². The number of fused-ring (bicyclic) bond motifs is 1. The van der Waals surface area contributed by atoms with Crippen LogP contribution in [0, 0.1) is 0 Å². The van der Waals surface area contributed by atoms with Crippen molar-refractivity contribution in [1.82, 2.24) is 9.55 Å². The summed E-state index contributed by atoms with van der Waals surface area (Å²) in [4.78, 5) is 4.40. The van der Waals surface area contributed by atoms with Gasteiger partial charge in [-0.15, -0.1) is 0 Å². The lowest BCUT2D eigenvalue weighted by atomic mass is 10.1. The van der Waals surface area contributed by atoms with E-state index in [9.17, 15) is 8.42 Å². The third kappa shape index (κ3) is 4.97. The molecular formula is C26H27IN4O3S. The van der Waals surface area contributed by atoms with E-state index < -0.39 is 10.0 Å². The van der Waals surface area contributed by atoms with Gasteiger partial charge in [0.2, 0.25) is 15.9 Å². The zero-order valence-corrected chi connectivity index (χ0v) is 22.3. The van der Waals surface area contributed by atoms with Crippen molar-refractivity contribution in [2.45, 2.75) is 36.7 Å². The predicted octanol–water partition coefficient (Wildman–Crippen LogP) is 6.50. The molecule has 2 aromatic heterocycles. The first-order chi connectivity index (χ1) is 16.9. The number of nitrogen functional groups attached to an aromatic ring is 1. The summed E-state index contributed by atoms with van der Waals surface area (Å²) < 4.78 is 36.2. The number of hydrogen-bond acceptors (Lipinski definition) is 5. The van der Waals surface area contributed by atoms with Gasteiger partial charge in [-0.05, 0) is 49.6 Å². The summed E-state index contributed by atoms with van der Waals surface area (Å²) in [5.74, 6) is 1.42. The molecule has 0 atom stereocenters. The number of ether oxygens (including phenoxy) is 1. The van der Waals surface area contributed by atoms with Gasteiger partial charge in [-0.2, -0.15) is 0 Å². The predicted molar refractivity (Wildman–Crippen MR) is 150 cm³/mol. The maximum absolute atomic E-state index is 12.1. The number of rotatable bonds is 9. The maximum Gasteiger partial charge on any atom is 0.232 e. The monoisotopic (exact) mass is 602 g/mol. The molecule has 0 saturated heterocycles. The van der Waals surface area contributed by atoms with Gasteiger partial charge in [-0.1, -0.05) is 47.7 Å². The molecule has 2 heterocycles. The van der Waals surface area contributed by atoms with Crippen LogP contribution in [0.1, 0.15) is 37.8 Å². The summed E-state index contributed by atoms with van der Waals surface area (Å²) >= 11 is 2.31. The Morgan fingerprint density at radius 3 is 2.63 bits per heavy atom. The number of nitrogens with one attached hydrogen (secondary N) is 1. The molecule has 0 bridgehead atoms. The Labute approximate surface area is 218 Å². The van der Waals surface area contributed by atoms with Crippen LogP contribution < -0.4 is 15.2 Å². The fraction of sp³-hybridized carbons (Fsp3) is 0.269. The SMILES string of the molecule is CCCS(=O)(=O)Nc1ccc(-c2c(N)c3ccc(Oc4ncccc4CI)cc3n2C2CC2)cc1. The van der Waals surface area contributed by atoms with Gasteiger partial charge in [0.05, 0.1) is 22.7 Å². The van der Waals surface area contributed by atoms with Crippen LogP contribution in [0.5, 0.6) is 11.6 Å². The van der Waals surface area contributed by atoms with Crippen molar-refractivity contribution in [3.8, 4) is 22.9 Å². The summed E-state index contributed by atoms with van der Waals surface area (Å²) in [6.07, 6.45) is 4.49. The van der Waals surface area contributed by atoms with Crippen LogP contribution in [0.25, 0.3) is 22.2 Å². The van der Waals surface area contributed by atoms with E-state index in [2.05, 4.69) is 36.9 Å². The maximum atomic E-state index is 12.1. The molecule has 0 radical (unpaired) electrons. The summed E-state index contributed by atoms with van der Waals surface area (Å²) in [6.45, 7) is 1.84. The van der Waals surface area contributed by atoms with Crippen LogP contribution in [-0.2, 0) is 14.5 Å². The number of sulfonamides is 1. The third-order valence-corrected chi connectivity index (χ3v) is 8.35. The molecule has 182 valence electrons. The Balaban J connectivity index is 1.53. The van der Waals surface area contributed by atoms with Gasteiger partial charge >= 0.3 is 0 Å². The molecule has 0 amide bonds. The number of aromatic nitrogens is 2. The molecular weight excluding hydrogens is 575 g/mol. The van der Waals surface area contributed by atoms with Gasteiger partial charge in [-0.3, -0.25) is 4.72 Å². The number of nitrogens with two attached hydrogens (primary N) is 1. The van der Waals surface area contributed by atoms with E-state index in [0.29, 0.717) is 35.5 Å². The average Bonchev–Trinajstić information content (AvgIpc) is 3.64. The second-order valence-corrected chi connectivity index (χ2v) is 11.3. The van der Waals surface area contributed by atoms with Gasteiger partial charge < -0.3 is 15.0 Å². The fourth-order valence-electron chi connectivity index (χ4n) is 4.31. The highest BCUT2D eigenvalue weighted by Gasteiger charge is 2.30.